The van der Waals surface area contributed by atoms with Gasteiger partial charge in [0.05, 0.1) is 35.3 Å². The number of allylic oxidation sites excluding steroid dienone is 2. The largest absolute Gasteiger partial charge is 0.466 e. The highest BCUT2D eigenvalue weighted by molar-refractivity contribution is 8.02. The van der Waals surface area contributed by atoms with Crippen LogP contribution in [0.15, 0.2) is 63.7 Å². The molecule has 1 aliphatic heterocycles. The van der Waals surface area contributed by atoms with Crippen LogP contribution in [0.5, 0.6) is 0 Å². The second kappa shape index (κ2) is 8.66. The van der Waals surface area contributed by atoms with Gasteiger partial charge in [0.1, 0.15) is 0 Å². The number of hydrogen-bond acceptors (Lipinski definition) is 6. The maximum atomic E-state index is 12.4. The lowest BCUT2D eigenvalue weighted by molar-refractivity contribution is -0.136. The normalized spacial score (nSPS) is 16.7. The van der Waals surface area contributed by atoms with Crippen molar-refractivity contribution < 1.29 is 9.53 Å². The van der Waals surface area contributed by atoms with E-state index in [1.807, 2.05) is 48.7 Å². The van der Waals surface area contributed by atoms with Gasteiger partial charge < -0.3 is 10.1 Å². The summed E-state index contributed by atoms with van der Waals surface area (Å²) < 4.78 is 4.97. The van der Waals surface area contributed by atoms with Gasteiger partial charge >= 0.3 is 5.97 Å². The van der Waals surface area contributed by atoms with E-state index in [-0.39, 0.29) is 0 Å². The minimum Gasteiger partial charge on any atom is -0.466 e. The first-order chi connectivity index (χ1) is 13.0. The van der Waals surface area contributed by atoms with E-state index in [2.05, 4.69) is 11.4 Å². The molecule has 0 spiro atoms. The molecular formula is C20H17ClN2O2S2. The number of ether oxygens (including phenoxy) is 1. The Balaban J connectivity index is 1.96. The zero-order chi connectivity index (χ0) is 19.4. The van der Waals surface area contributed by atoms with Crippen molar-refractivity contribution in [2.45, 2.75) is 18.6 Å². The number of esters is 1. The van der Waals surface area contributed by atoms with Crippen LogP contribution in [0.1, 0.15) is 23.3 Å². The van der Waals surface area contributed by atoms with Gasteiger partial charge in [-0.05, 0) is 36.1 Å². The van der Waals surface area contributed by atoms with E-state index in [4.69, 9.17) is 16.3 Å². The fraction of sp³-hybridized carbons (Fsp3) is 0.200. The smallest absolute Gasteiger partial charge is 0.336 e. The maximum absolute atomic E-state index is 12.4. The molecule has 138 valence electrons. The zero-order valence-corrected chi connectivity index (χ0v) is 17.2. The lowest BCUT2D eigenvalue weighted by Crippen LogP contribution is -2.28. The van der Waals surface area contributed by atoms with E-state index in [0.29, 0.717) is 27.6 Å². The molecule has 0 fully saturated rings. The van der Waals surface area contributed by atoms with Crippen LogP contribution >= 0.6 is 34.7 Å². The first-order valence-corrected chi connectivity index (χ1v) is 10.4. The molecule has 0 aliphatic carbocycles. The number of nitrogens with one attached hydrogen (secondary N) is 1. The van der Waals surface area contributed by atoms with Crippen molar-refractivity contribution in [2.75, 3.05) is 7.11 Å². The van der Waals surface area contributed by atoms with Crippen LogP contribution in [0.3, 0.4) is 0 Å². The number of thiophene rings is 1. The summed E-state index contributed by atoms with van der Waals surface area (Å²) in [7, 11) is 1.36. The van der Waals surface area contributed by atoms with Crippen LogP contribution in [0.2, 0.25) is 5.02 Å². The summed E-state index contributed by atoms with van der Waals surface area (Å²) in [6, 6.07) is 13.8. The molecule has 2 heterocycles. The number of rotatable bonds is 5. The Hall–Kier alpha value is -2.20. The molecule has 1 aromatic carbocycles. The number of dihydropyridines is 1. The number of hydrogen-bond donors (Lipinski definition) is 1. The Labute approximate surface area is 171 Å². The van der Waals surface area contributed by atoms with Crippen molar-refractivity contribution >= 4 is 40.7 Å². The van der Waals surface area contributed by atoms with E-state index in [1.165, 1.54) is 30.2 Å². The van der Waals surface area contributed by atoms with Crippen LogP contribution in [-0.2, 0) is 15.3 Å². The fourth-order valence-corrected chi connectivity index (χ4v) is 4.90. The molecular weight excluding hydrogens is 400 g/mol. The van der Waals surface area contributed by atoms with Crippen LogP contribution in [0.4, 0.5) is 0 Å². The van der Waals surface area contributed by atoms with E-state index in [1.54, 1.807) is 0 Å². The monoisotopic (exact) mass is 416 g/mol. The third-order valence-corrected chi connectivity index (χ3v) is 6.45. The van der Waals surface area contributed by atoms with Crippen molar-refractivity contribution in [3.63, 3.8) is 0 Å². The van der Waals surface area contributed by atoms with Crippen LogP contribution in [0.25, 0.3) is 0 Å². The van der Waals surface area contributed by atoms with Crippen LogP contribution < -0.4 is 5.32 Å². The number of nitrogens with zero attached hydrogens (tertiary/aromatic N) is 1. The van der Waals surface area contributed by atoms with Gasteiger partial charge in [0, 0.05) is 21.3 Å². The number of benzene rings is 1. The molecule has 0 saturated heterocycles. The molecule has 0 amide bonds. The highest BCUT2D eigenvalue weighted by atomic mass is 35.5. The second-order valence-corrected chi connectivity index (χ2v) is 8.27. The highest BCUT2D eigenvalue weighted by Gasteiger charge is 2.35. The SMILES string of the molecule is COC(=O)C1=C(C)NC(SCc2ccc(Cl)cc2)=C(C#N)C1c1cccs1. The first kappa shape index (κ1) is 19.6. The predicted octanol–water partition coefficient (Wildman–Crippen LogP) is 5.20. The molecule has 0 radical (unpaired) electrons. The zero-order valence-electron chi connectivity index (χ0n) is 14.8. The fourth-order valence-electron chi connectivity index (χ4n) is 2.88. The highest BCUT2D eigenvalue weighted by Crippen LogP contribution is 2.42. The van der Waals surface area contributed by atoms with Gasteiger partial charge in [0.15, 0.2) is 0 Å². The molecule has 1 N–H and O–H groups in total. The predicted molar refractivity (Wildman–Crippen MR) is 110 cm³/mol. The summed E-state index contributed by atoms with van der Waals surface area (Å²) in [5.74, 6) is -0.160. The first-order valence-electron chi connectivity index (χ1n) is 8.16. The molecule has 1 aliphatic rings. The number of carbonyl (C=O) groups is 1. The van der Waals surface area contributed by atoms with E-state index < -0.39 is 11.9 Å². The molecule has 1 aromatic heterocycles. The van der Waals surface area contributed by atoms with E-state index in [0.717, 1.165) is 15.5 Å². The van der Waals surface area contributed by atoms with Gasteiger partial charge in [-0.15, -0.1) is 23.1 Å². The molecule has 3 rings (SSSR count). The van der Waals surface area contributed by atoms with Crippen molar-refractivity contribution in [3.8, 4) is 6.07 Å². The Morgan fingerprint density at radius 2 is 2.11 bits per heavy atom. The lowest BCUT2D eigenvalue weighted by atomic mass is 9.87. The standard InChI is InChI=1S/C20H17ClN2O2S2/c1-12-17(20(24)25-2)18(16-4-3-9-26-16)15(10-22)19(23-12)27-11-13-5-7-14(21)8-6-13/h3-9,18,23H,11H2,1-2H3. The molecule has 4 nitrogen and oxygen atoms in total. The quantitative estimate of drug-likeness (QED) is 0.678. The third-order valence-electron chi connectivity index (χ3n) is 4.18. The van der Waals surface area contributed by atoms with Gasteiger partial charge in [0.25, 0.3) is 0 Å². The topological polar surface area (TPSA) is 62.1 Å². The Kier molecular flexibility index (Phi) is 6.27. The minimum atomic E-state index is -0.423. The van der Waals surface area contributed by atoms with Crippen molar-refractivity contribution in [3.05, 3.63) is 79.1 Å². The van der Waals surface area contributed by atoms with Crippen LogP contribution in [-0.4, -0.2) is 13.1 Å². The Morgan fingerprint density at radius 3 is 2.70 bits per heavy atom. The van der Waals surface area contributed by atoms with Gasteiger partial charge in [-0.2, -0.15) is 5.26 Å². The number of halogens is 1. The number of thioether (sulfide) groups is 1. The summed E-state index contributed by atoms with van der Waals surface area (Å²) in [4.78, 5) is 13.3. The number of nitriles is 1. The summed E-state index contributed by atoms with van der Waals surface area (Å²) in [6.45, 7) is 1.84. The second-order valence-electron chi connectivity index (χ2n) is 5.87. The molecule has 0 saturated carbocycles. The third kappa shape index (κ3) is 4.22. The summed E-state index contributed by atoms with van der Waals surface area (Å²) in [5.41, 5.74) is 2.82. The van der Waals surface area contributed by atoms with Crippen molar-refractivity contribution in [1.82, 2.24) is 5.32 Å². The lowest BCUT2D eigenvalue weighted by Gasteiger charge is -2.28. The van der Waals surface area contributed by atoms with Crippen molar-refractivity contribution in [1.29, 1.82) is 5.26 Å². The minimum absolute atomic E-state index is 0.420. The average Bonchev–Trinajstić information content (AvgIpc) is 3.20. The van der Waals surface area contributed by atoms with Gasteiger partial charge in [-0.3, -0.25) is 0 Å². The summed E-state index contributed by atoms with van der Waals surface area (Å²) >= 11 is 9.00. The molecule has 1 unspecified atom stereocenters. The number of carbonyl (C=O) groups excluding carboxylic acids is 1. The van der Waals surface area contributed by atoms with Gasteiger partial charge in [-0.1, -0.05) is 29.8 Å². The van der Waals surface area contributed by atoms with Crippen LogP contribution in [0, 0.1) is 11.3 Å². The Bertz CT molecular complexity index is 941. The van der Waals surface area contributed by atoms with E-state index in [9.17, 15) is 10.1 Å². The van der Waals surface area contributed by atoms with Crippen molar-refractivity contribution in [2.24, 2.45) is 0 Å². The average molecular weight is 417 g/mol. The maximum Gasteiger partial charge on any atom is 0.336 e. The Morgan fingerprint density at radius 1 is 1.37 bits per heavy atom. The summed E-state index contributed by atoms with van der Waals surface area (Å²) in [6.07, 6.45) is 0. The molecule has 27 heavy (non-hydrogen) atoms. The summed E-state index contributed by atoms with van der Waals surface area (Å²) in [5, 5.41) is 16.5. The van der Waals surface area contributed by atoms with Gasteiger partial charge in [-0.25, -0.2) is 4.79 Å². The molecule has 0 bridgehead atoms. The van der Waals surface area contributed by atoms with Gasteiger partial charge in [0.2, 0.25) is 0 Å². The molecule has 2 aromatic rings. The molecule has 7 heteroatoms. The molecule has 1 atom stereocenters. The number of methoxy groups -OCH3 is 1. The van der Waals surface area contributed by atoms with E-state index >= 15 is 0 Å².